The van der Waals surface area contributed by atoms with Crippen molar-refractivity contribution in [3.63, 3.8) is 0 Å². The SMILES string of the molecule is CCc1ccc(N2C(=O)[C@H]3Cc4c([nH]c5ccccc45)[C@@H](c4ccc(C)cc4)N3C2=S)cc1. The van der Waals surface area contributed by atoms with E-state index in [-0.39, 0.29) is 18.0 Å². The zero-order chi connectivity index (χ0) is 22.7. The van der Waals surface area contributed by atoms with Crippen LogP contribution in [0, 0.1) is 6.92 Å². The molecule has 0 spiro atoms. The van der Waals surface area contributed by atoms with E-state index in [1.54, 1.807) is 4.90 Å². The number of aryl methyl sites for hydroxylation is 2. The zero-order valence-electron chi connectivity index (χ0n) is 18.7. The number of aromatic amines is 1. The highest BCUT2D eigenvalue weighted by Gasteiger charge is 2.50. The summed E-state index contributed by atoms with van der Waals surface area (Å²) in [7, 11) is 0. The fraction of sp³-hybridized carbons (Fsp3) is 0.214. The minimum absolute atomic E-state index is 0.0530. The molecule has 0 radical (unpaired) electrons. The summed E-state index contributed by atoms with van der Waals surface area (Å²) in [4.78, 5) is 21.3. The number of para-hydroxylation sites is 1. The quantitative estimate of drug-likeness (QED) is 0.407. The van der Waals surface area contributed by atoms with Gasteiger partial charge in [-0.05, 0) is 60.5 Å². The predicted octanol–water partition coefficient (Wildman–Crippen LogP) is 5.69. The minimum Gasteiger partial charge on any atom is -0.356 e. The maximum Gasteiger partial charge on any atom is 0.256 e. The molecule has 0 saturated carbocycles. The number of rotatable bonds is 3. The van der Waals surface area contributed by atoms with Crippen LogP contribution in [0.15, 0.2) is 72.8 Å². The van der Waals surface area contributed by atoms with Gasteiger partial charge in [0, 0.05) is 23.0 Å². The van der Waals surface area contributed by atoms with Crippen molar-refractivity contribution in [2.24, 2.45) is 0 Å². The molecule has 0 unspecified atom stereocenters. The number of hydrogen-bond donors (Lipinski definition) is 1. The van der Waals surface area contributed by atoms with Crippen LogP contribution >= 0.6 is 12.2 Å². The molecule has 1 amide bonds. The Morgan fingerprint density at radius 3 is 2.45 bits per heavy atom. The van der Waals surface area contributed by atoms with Gasteiger partial charge in [-0.15, -0.1) is 0 Å². The first kappa shape index (κ1) is 20.2. The van der Waals surface area contributed by atoms with E-state index in [0.717, 1.165) is 28.9 Å². The fourth-order valence-electron chi connectivity index (χ4n) is 5.29. The van der Waals surface area contributed by atoms with Crippen LogP contribution in [0.25, 0.3) is 10.9 Å². The molecule has 4 nitrogen and oxygen atoms in total. The van der Waals surface area contributed by atoms with Crippen LogP contribution in [0.1, 0.15) is 40.9 Å². The van der Waals surface area contributed by atoms with Gasteiger partial charge < -0.3 is 9.88 Å². The zero-order valence-corrected chi connectivity index (χ0v) is 19.5. The Labute approximate surface area is 198 Å². The van der Waals surface area contributed by atoms with Crippen molar-refractivity contribution in [1.82, 2.24) is 9.88 Å². The molecule has 1 fully saturated rings. The van der Waals surface area contributed by atoms with E-state index in [1.807, 2.05) is 18.2 Å². The summed E-state index contributed by atoms with van der Waals surface area (Å²) in [6, 6.07) is 24.7. The van der Waals surface area contributed by atoms with Crippen LogP contribution in [0.3, 0.4) is 0 Å². The second kappa shape index (κ2) is 7.56. The van der Waals surface area contributed by atoms with Gasteiger partial charge in [-0.2, -0.15) is 0 Å². The van der Waals surface area contributed by atoms with E-state index in [4.69, 9.17) is 12.2 Å². The first-order chi connectivity index (χ1) is 16.1. The molecule has 33 heavy (non-hydrogen) atoms. The second-order valence-corrected chi connectivity index (χ2v) is 9.34. The van der Waals surface area contributed by atoms with Gasteiger partial charge in [-0.3, -0.25) is 9.69 Å². The third-order valence-electron chi connectivity index (χ3n) is 7.04. The molecular formula is C28H25N3OS. The third kappa shape index (κ3) is 3.03. The Kier molecular flexibility index (Phi) is 4.63. The predicted molar refractivity (Wildman–Crippen MR) is 137 cm³/mol. The Morgan fingerprint density at radius 1 is 1.00 bits per heavy atom. The monoisotopic (exact) mass is 451 g/mol. The molecule has 1 aromatic heterocycles. The van der Waals surface area contributed by atoms with Crippen LogP contribution in [0.5, 0.6) is 0 Å². The van der Waals surface area contributed by atoms with E-state index in [0.29, 0.717) is 11.5 Å². The smallest absolute Gasteiger partial charge is 0.256 e. The molecule has 1 saturated heterocycles. The number of aromatic nitrogens is 1. The van der Waals surface area contributed by atoms with Crippen molar-refractivity contribution in [3.05, 3.63) is 101 Å². The van der Waals surface area contributed by atoms with Crippen LogP contribution in [-0.4, -0.2) is 26.9 Å². The number of anilines is 1. The lowest BCUT2D eigenvalue weighted by molar-refractivity contribution is -0.120. The van der Waals surface area contributed by atoms with Gasteiger partial charge in [0.1, 0.15) is 6.04 Å². The lowest BCUT2D eigenvalue weighted by Gasteiger charge is -2.37. The molecule has 164 valence electrons. The summed E-state index contributed by atoms with van der Waals surface area (Å²) in [5, 5.41) is 1.76. The van der Waals surface area contributed by atoms with Crippen molar-refractivity contribution >= 4 is 39.8 Å². The van der Waals surface area contributed by atoms with E-state index in [1.165, 1.54) is 22.1 Å². The molecule has 0 aliphatic carbocycles. The number of amides is 1. The summed E-state index contributed by atoms with van der Waals surface area (Å²) in [6.07, 6.45) is 1.61. The molecule has 2 aliphatic heterocycles. The molecule has 6 rings (SSSR count). The van der Waals surface area contributed by atoms with E-state index >= 15 is 0 Å². The Hall–Kier alpha value is -3.44. The number of carbonyl (C=O) groups is 1. The highest BCUT2D eigenvalue weighted by Crippen LogP contribution is 2.44. The van der Waals surface area contributed by atoms with Crippen LogP contribution < -0.4 is 4.90 Å². The first-order valence-corrected chi connectivity index (χ1v) is 11.9. The number of H-pyrrole nitrogens is 1. The summed E-state index contributed by atoms with van der Waals surface area (Å²) >= 11 is 5.99. The van der Waals surface area contributed by atoms with E-state index < -0.39 is 0 Å². The number of nitrogens with one attached hydrogen (secondary N) is 1. The number of fused-ring (bicyclic) bond motifs is 4. The maximum atomic E-state index is 13.8. The number of carbonyl (C=O) groups excluding carboxylic acids is 1. The topological polar surface area (TPSA) is 39.3 Å². The molecule has 4 aromatic rings. The van der Waals surface area contributed by atoms with Crippen LogP contribution in [0.2, 0.25) is 0 Å². The Balaban J connectivity index is 1.51. The number of nitrogens with zero attached hydrogens (tertiary/aromatic N) is 2. The standard InChI is InChI=1S/C28H25N3OS/c1-3-18-10-14-20(15-11-18)30-27(32)24-16-22-21-6-4-5-7-23(21)29-25(22)26(31(24)28(30)33)19-12-8-17(2)9-13-19/h4-15,24,26,29H,3,16H2,1-2H3/t24-,26-/m1/s1. The summed E-state index contributed by atoms with van der Waals surface area (Å²) < 4.78 is 0. The van der Waals surface area contributed by atoms with Crippen molar-refractivity contribution in [2.45, 2.75) is 38.8 Å². The van der Waals surface area contributed by atoms with Crippen LogP contribution in [0.4, 0.5) is 5.69 Å². The van der Waals surface area contributed by atoms with Gasteiger partial charge >= 0.3 is 0 Å². The van der Waals surface area contributed by atoms with E-state index in [9.17, 15) is 4.79 Å². The first-order valence-electron chi connectivity index (χ1n) is 11.5. The van der Waals surface area contributed by atoms with Crippen molar-refractivity contribution in [3.8, 4) is 0 Å². The minimum atomic E-state index is -0.318. The molecule has 2 atom stereocenters. The third-order valence-corrected chi connectivity index (χ3v) is 7.44. The number of hydrogen-bond acceptors (Lipinski definition) is 2. The lowest BCUT2D eigenvalue weighted by Crippen LogP contribution is -2.44. The van der Waals surface area contributed by atoms with Crippen LogP contribution in [-0.2, 0) is 17.6 Å². The van der Waals surface area contributed by atoms with E-state index in [2.05, 4.69) is 78.3 Å². The molecule has 3 aromatic carbocycles. The average Bonchev–Trinajstić information content (AvgIpc) is 3.33. The molecular weight excluding hydrogens is 426 g/mol. The van der Waals surface area contributed by atoms with Gasteiger partial charge in [-0.1, -0.05) is 67.1 Å². The average molecular weight is 452 g/mol. The molecule has 0 bridgehead atoms. The highest BCUT2D eigenvalue weighted by atomic mass is 32.1. The van der Waals surface area contributed by atoms with Gasteiger partial charge in [-0.25, -0.2) is 0 Å². The Morgan fingerprint density at radius 2 is 1.73 bits per heavy atom. The Bertz CT molecular complexity index is 1390. The van der Waals surface area contributed by atoms with Crippen molar-refractivity contribution in [1.29, 1.82) is 0 Å². The fourth-order valence-corrected chi connectivity index (χ4v) is 5.72. The lowest BCUT2D eigenvalue weighted by atomic mass is 9.88. The normalized spacial score (nSPS) is 19.8. The number of thiocarbonyl (C=S) groups is 1. The van der Waals surface area contributed by atoms with Gasteiger partial charge in [0.2, 0.25) is 0 Å². The summed E-state index contributed by atoms with van der Waals surface area (Å²) in [5.74, 6) is 0.0530. The largest absolute Gasteiger partial charge is 0.356 e. The summed E-state index contributed by atoms with van der Waals surface area (Å²) in [6.45, 7) is 4.22. The molecule has 1 N–H and O–H groups in total. The maximum absolute atomic E-state index is 13.8. The van der Waals surface area contributed by atoms with Crippen molar-refractivity contribution < 1.29 is 4.79 Å². The highest BCUT2D eigenvalue weighted by molar-refractivity contribution is 7.80. The molecule has 5 heteroatoms. The summed E-state index contributed by atoms with van der Waals surface area (Å²) in [5.41, 5.74) is 7.88. The molecule has 2 aliphatic rings. The van der Waals surface area contributed by atoms with Gasteiger partial charge in [0.25, 0.3) is 5.91 Å². The van der Waals surface area contributed by atoms with Gasteiger partial charge in [0.05, 0.1) is 11.7 Å². The van der Waals surface area contributed by atoms with Crippen molar-refractivity contribution in [2.75, 3.05) is 4.90 Å². The van der Waals surface area contributed by atoms with Gasteiger partial charge in [0.15, 0.2) is 5.11 Å². The number of benzene rings is 3. The second-order valence-electron chi connectivity index (χ2n) is 8.98. The molecule has 3 heterocycles.